The Balaban J connectivity index is 1.67. The Morgan fingerprint density at radius 3 is 1.57 bits per heavy atom. The topological polar surface area (TPSA) is 86.7 Å². The number of hydrogen-bond donors (Lipinski definition) is 0. The van der Waals surface area contributed by atoms with Crippen molar-refractivity contribution >= 4 is 23.9 Å². The summed E-state index contributed by atoms with van der Waals surface area (Å²) in [6, 6.07) is 0. The molecule has 272 valence electrons. The zero-order chi connectivity index (χ0) is 36.4. The number of ether oxygens (including phenoxy) is 2. The molecule has 0 aromatic rings. The van der Waals surface area contributed by atoms with Gasteiger partial charge < -0.3 is 9.47 Å². The summed E-state index contributed by atoms with van der Waals surface area (Å²) in [7, 11) is 0. The SMILES string of the molecule is CC12CCC(C)(C(C(F)(F)F)(C(F)(F)F)C3(C)CCC4(C)CC(C)(C(=O)OC4=O)C4=C(CCC4)C3)C3=C(CCC3)CC(C)(C1)C(=O)OC2=O. The first kappa shape index (κ1) is 36.1. The van der Waals surface area contributed by atoms with Gasteiger partial charge in [-0.15, -0.1) is 0 Å². The smallest absolute Gasteiger partial charge is 0.392 e. The van der Waals surface area contributed by atoms with E-state index >= 15 is 26.3 Å². The van der Waals surface area contributed by atoms with E-state index in [1.807, 2.05) is 0 Å². The second-order valence-corrected chi connectivity index (χ2v) is 17.6. The monoisotopic (exact) mass is 700 g/mol. The predicted molar refractivity (Wildman–Crippen MR) is 164 cm³/mol. The Labute approximate surface area is 282 Å². The fourth-order valence-electron chi connectivity index (χ4n) is 11.8. The number of esters is 4. The lowest BCUT2D eigenvalue weighted by molar-refractivity contribution is -0.409. The van der Waals surface area contributed by atoms with Crippen LogP contribution in [0.1, 0.15) is 131 Å². The minimum atomic E-state index is -5.84. The number of hydrogen-bond acceptors (Lipinski definition) is 6. The van der Waals surface area contributed by atoms with E-state index in [1.165, 1.54) is 13.8 Å². The van der Waals surface area contributed by atoms with Crippen LogP contribution in [0, 0.1) is 37.9 Å². The van der Waals surface area contributed by atoms with Crippen molar-refractivity contribution < 1.29 is 55.0 Å². The number of carbonyl (C=O) groups is 4. The summed E-state index contributed by atoms with van der Waals surface area (Å²) in [6.07, 6.45) is -12.8. The Morgan fingerprint density at radius 1 is 0.531 bits per heavy atom. The van der Waals surface area contributed by atoms with Crippen LogP contribution < -0.4 is 0 Å². The molecule has 6 atom stereocenters. The van der Waals surface area contributed by atoms with Gasteiger partial charge in [0.15, 0.2) is 5.41 Å². The molecule has 2 aliphatic heterocycles. The Bertz CT molecular complexity index is 1580. The van der Waals surface area contributed by atoms with Gasteiger partial charge in [0.05, 0.1) is 21.7 Å². The van der Waals surface area contributed by atoms with E-state index in [2.05, 4.69) is 0 Å². The number of cyclic esters (lactones) is 4. The average molecular weight is 701 g/mol. The molecule has 0 radical (unpaired) electrons. The summed E-state index contributed by atoms with van der Waals surface area (Å²) in [5.74, 6) is -3.50. The molecule has 4 aliphatic carbocycles. The van der Waals surface area contributed by atoms with E-state index in [4.69, 9.17) is 9.47 Å². The highest BCUT2D eigenvalue weighted by Crippen LogP contribution is 2.76. The molecule has 0 aromatic carbocycles. The lowest BCUT2D eigenvalue weighted by Gasteiger charge is -2.60. The van der Waals surface area contributed by atoms with Crippen molar-refractivity contribution in [2.75, 3.05) is 0 Å². The fraction of sp³-hybridized carbons (Fsp3) is 0.784. The number of alkyl halides is 6. The Kier molecular flexibility index (Phi) is 7.88. The van der Waals surface area contributed by atoms with Gasteiger partial charge in [-0.05, 0) is 123 Å². The summed E-state index contributed by atoms with van der Waals surface area (Å²) in [5, 5.41) is 0. The minimum Gasteiger partial charge on any atom is -0.392 e. The molecule has 0 aromatic heterocycles. The van der Waals surface area contributed by atoms with Crippen LogP contribution in [0.5, 0.6) is 0 Å². The summed E-state index contributed by atoms with van der Waals surface area (Å²) in [5.41, 5.74) is -13.8. The molecule has 2 fully saturated rings. The van der Waals surface area contributed by atoms with E-state index in [1.54, 1.807) is 13.8 Å². The molecule has 6 aliphatic rings. The molecule has 12 heteroatoms. The molecule has 2 heterocycles. The van der Waals surface area contributed by atoms with Crippen molar-refractivity contribution in [3.63, 3.8) is 0 Å². The van der Waals surface area contributed by atoms with Crippen molar-refractivity contribution in [3.05, 3.63) is 22.3 Å². The third kappa shape index (κ3) is 4.79. The Morgan fingerprint density at radius 2 is 1.00 bits per heavy atom. The van der Waals surface area contributed by atoms with Crippen molar-refractivity contribution in [2.45, 2.75) is 144 Å². The normalized spacial score (nSPS) is 40.7. The van der Waals surface area contributed by atoms with E-state index in [0.717, 1.165) is 13.8 Å². The molecule has 6 nitrogen and oxygen atoms in total. The van der Waals surface area contributed by atoms with Crippen LogP contribution in [0.3, 0.4) is 0 Å². The Hall–Kier alpha value is -2.66. The molecular formula is C37H46F6O6. The van der Waals surface area contributed by atoms with E-state index in [9.17, 15) is 19.2 Å². The first-order chi connectivity index (χ1) is 22.3. The van der Waals surface area contributed by atoms with Gasteiger partial charge in [0.2, 0.25) is 0 Å². The molecule has 0 amide bonds. The van der Waals surface area contributed by atoms with Crippen LogP contribution in [-0.4, -0.2) is 36.2 Å². The molecule has 2 saturated heterocycles. The third-order valence-electron chi connectivity index (χ3n) is 14.0. The number of halogens is 6. The van der Waals surface area contributed by atoms with E-state index < -0.39 is 93.4 Å². The van der Waals surface area contributed by atoms with Gasteiger partial charge in [0.25, 0.3) is 0 Å². The highest BCUT2D eigenvalue weighted by atomic mass is 19.4. The number of carbonyl (C=O) groups excluding carboxylic acids is 4. The number of rotatable bonds is 2. The first-order valence-electron chi connectivity index (χ1n) is 17.4. The largest absolute Gasteiger partial charge is 0.404 e. The zero-order valence-electron chi connectivity index (χ0n) is 29.1. The molecule has 0 N–H and O–H groups in total. The summed E-state index contributed by atoms with van der Waals surface area (Å²) >= 11 is 0. The quantitative estimate of drug-likeness (QED) is 0.124. The van der Waals surface area contributed by atoms with Gasteiger partial charge in [-0.1, -0.05) is 36.1 Å². The molecule has 6 rings (SSSR count). The lowest BCUT2D eigenvalue weighted by Crippen LogP contribution is -2.68. The molecular weight excluding hydrogens is 654 g/mol. The summed E-state index contributed by atoms with van der Waals surface area (Å²) in [6.45, 7) is 8.30. The van der Waals surface area contributed by atoms with Crippen LogP contribution >= 0.6 is 0 Å². The van der Waals surface area contributed by atoms with Gasteiger partial charge in [0, 0.05) is 5.41 Å². The highest BCUT2D eigenvalue weighted by molar-refractivity contribution is 5.96. The molecule has 4 bridgehead atoms. The molecule has 6 unspecified atom stereocenters. The number of allylic oxidation sites excluding steroid dienone is 3. The van der Waals surface area contributed by atoms with Gasteiger partial charge in [-0.3, -0.25) is 19.2 Å². The third-order valence-corrected chi connectivity index (χ3v) is 14.0. The number of fused-ring (bicyclic) bond motifs is 5. The molecule has 0 saturated carbocycles. The maximum atomic E-state index is 16.5. The van der Waals surface area contributed by atoms with Gasteiger partial charge in [-0.25, -0.2) is 0 Å². The second-order valence-electron chi connectivity index (χ2n) is 17.6. The van der Waals surface area contributed by atoms with E-state index in [-0.39, 0.29) is 56.9 Å². The average Bonchev–Trinajstić information content (AvgIpc) is 3.62. The summed E-state index contributed by atoms with van der Waals surface area (Å²) < 4.78 is 109. The van der Waals surface area contributed by atoms with Crippen LogP contribution in [0.2, 0.25) is 0 Å². The van der Waals surface area contributed by atoms with Crippen LogP contribution in [0.25, 0.3) is 0 Å². The van der Waals surface area contributed by atoms with Gasteiger partial charge in [-0.2, -0.15) is 26.3 Å². The lowest BCUT2D eigenvalue weighted by atomic mass is 9.44. The van der Waals surface area contributed by atoms with Crippen molar-refractivity contribution in [3.8, 4) is 0 Å². The van der Waals surface area contributed by atoms with Crippen LogP contribution in [0.15, 0.2) is 22.3 Å². The van der Waals surface area contributed by atoms with E-state index in [0.29, 0.717) is 36.0 Å². The first-order valence-corrected chi connectivity index (χ1v) is 17.4. The predicted octanol–water partition coefficient (Wildman–Crippen LogP) is 9.41. The van der Waals surface area contributed by atoms with Crippen LogP contribution in [0.4, 0.5) is 26.3 Å². The van der Waals surface area contributed by atoms with Crippen molar-refractivity contribution in [2.24, 2.45) is 37.9 Å². The molecule has 49 heavy (non-hydrogen) atoms. The zero-order valence-corrected chi connectivity index (χ0v) is 29.1. The van der Waals surface area contributed by atoms with Gasteiger partial charge in [0.1, 0.15) is 0 Å². The van der Waals surface area contributed by atoms with Crippen molar-refractivity contribution in [1.29, 1.82) is 0 Å². The standard InChI is InChI=1S/C37H46F6O6/c1-29-14-16-34(6,24-12-8-9-21(24)17-31(3,19-29)27(46)48-25(29)44)35(36(38,39)40,37(41,42)43)32(4)15-13-30(2)20-33(5,28(47)49-26(30)45)23-11-7-10-22(23)18-32/h7-20H2,1-6H3. The molecule has 0 spiro atoms. The van der Waals surface area contributed by atoms with Crippen molar-refractivity contribution in [1.82, 2.24) is 0 Å². The maximum Gasteiger partial charge on any atom is 0.404 e. The van der Waals surface area contributed by atoms with Crippen LogP contribution in [-0.2, 0) is 28.7 Å². The van der Waals surface area contributed by atoms with Gasteiger partial charge >= 0.3 is 36.2 Å². The second kappa shape index (κ2) is 10.7. The fourth-order valence-corrected chi connectivity index (χ4v) is 11.8. The maximum absolute atomic E-state index is 16.5. The summed E-state index contributed by atoms with van der Waals surface area (Å²) in [4.78, 5) is 52.9. The highest BCUT2D eigenvalue weighted by Gasteiger charge is 2.84. The minimum absolute atomic E-state index is 0.00380.